The zero-order valence-corrected chi connectivity index (χ0v) is 21.2. The molecule has 0 saturated heterocycles. The monoisotopic (exact) mass is 556 g/mol. The van der Waals surface area contributed by atoms with Gasteiger partial charge < -0.3 is 10.1 Å². The number of imide groups is 1. The Kier molecular flexibility index (Phi) is 7.75. The summed E-state index contributed by atoms with van der Waals surface area (Å²) in [6.07, 6.45) is 0. The van der Waals surface area contributed by atoms with Crippen molar-refractivity contribution in [2.75, 3.05) is 5.32 Å². The predicted molar refractivity (Wildman–Crippen MR) is 137 cm³/mol. The van der Waals surface area contributed by atoms with Crippen LogP contribution >= 0.6 is 11.6 Å². The van der Waals surface area contributed by atoms with E-state index in [1.807, 2.05) is 5.32 Å². The molecule has 0 fully saturated rings. The molecule has 2 N–H and O–H groups in total. The normalized spacial score (nSPS) is 11.1. The van der Waals surface area contributed by atoms with Gasteiger partial charge in [-0.1, -0.05) is 17.7 Å². The summed E-state index contributed by atoms with van der Waals surface area (Å²) >= 11 is 5.83. The van der Waals surface area contributed by atoms with Crippen molar-refractivity contribution < 1.29 is 31.5 Å². The number of sulfone groups is 1. The minimum Gasteiger partial charge on any atom is -0.457 e. The molecule has 11 heteroatoms. The third-order valence-corrected chi connectivity index (χ3v) is 7.39. The van der Waals surface area contributed by atoms with E-state index in [1.165, 1.54) is 54.6 Å². The highest BCUT2D eigenvalue weighted by Gasteiger charge is 2.20. The number of nitrogens with one attached hydrogen (secondary N) is 2. The van der Waals surface area contributed by atoms with Crippen molar-refractivity contribution in [3.63, 3.8) is 0 Å². The molecular formula is C27H19ClF2N2O5S. The average molecular weight is 557 g/mol. The van der Waals surface area contributed by atoms with Crippen molar-refractivity contribution in [2.45, 2.75) is 16.7 Å². The van der Waals surface area contributed by atoms with E-state index in [0.717, 1.165) is 18.2 Å². The van der Waals surface area contributed by atoms with Crippen LogP contribution in [0.15, 0.2) is 94.7 Å². The van der Waals surface area contributed by atoms with E-state index in [-0.39, 0.29) is 9.79 Å². The summed E-state index contributed by atoms with van der Waals surface area (Å²) in [5.41, 5.74) is 0.0141. The molecule has 0 aliphatic heterocycles. The van der Waals surface area contributed by atoms with Crippen LogP contribution in [0.5, 0.6) is 11.5 Å². The van der Waals surface area contributed by atoms with Crippen molar-refractivity contribution >= 4 is 39.1 Å². The second kappa shape index (κ2) is 11.0. The molecule has 0 radical (unpaired) electrons. The number of aryl methyl sites for hydroxylation is 1. The number of carbonyl (C=O) groups is 2. The summed E-state index contributed by atoms with van der Waals surface area (Å²) in [6.45, 7) is 1.67. The van der Waals surface area contributed by atoms with Gasteiger partial charge in [0.15, 0.2) is 0 Å². The second-order valence-corrected chi connectivity index (χ2v) is 10.4. The first kappa shape index (κ1) is 26.8. The van der Waals surface area contributed by atoms with Gasteiger partial charge in [0.2, 0.25) is 9.84 Å². The molecule has 0 bridgehead atoms. The number of hydrogen-bond acceptors (Lipinski definition) is 5. The Morgan fingerprint density at radius 3 is 1.95 bits per heavy atom. The number of halogens is 3. The van der Waals surface area contributed by atoms with Crippen molar-refractivity contribution in [2.24, 2.45) is 0 Å². The van der Waals surface area contributed by atoms with Crippen molar-refractivity contribution in [3.05, 3.63) is 113 Å². The molecule has 4 aromatic carbocycles. The lowest BCUT2D eigenvalue weighted by Gasteiger charge is -2.12. The number of anilines is 1. The average Bonchev–Trinajstić information content (AvgIpc) is 2.86. The summed E-state index contributed by atoms with van der Waals surface area (Å²) in [4.78, 5) is 24.5. The number of rotatable bonds is 6. The van der Waals surface area contributed by atoms with Crippen LogP contribution in [0, 0.1) is 18.6 Å². The van der Waals surface area contributed by atoms with Crippen LogP contribution in [0.3, 0.4) is 0 Å². The van der Waals surface area contributed by atoms with E-state index in [2.05, 4.69) is 5.32 Å². The van der Waals surface area contributed by atoms with Crippen molar-refractivity contribution in [3.8, 4) is 11.5 Å². The standard InChI is InChI=1S/C27H19ClF2N2O5S/c1-16-15-19(9-14-24(16)31-27(34)32-26(33)25-22(29)3-2-4-23(25)30)37-18-7-12-21(13-8-18)38(35,36)20-10-5-17(28)6-11-20/h2-15H,1H3,(H2,31,32,33,34). The molecule has 0 aliphatic carbocycles. The first-order chi connectivity index (χ1) is 18.0. The molecule has 0 spiro atoms. The lowest BCUT2D eigenvalue weighted by Crippen LogP contribution is -2.35. The van der Waals surface area contributed by atoms with Crippen molar-refractivity contribution in [1.82, 2.24) is 5.32 Å². The molecule has 0 heterocycles. The van der Waals surface area contributed by atoms with Crippen molar-refractivity contribution in [1.29, 1.82) is 0 Å². The van der Waals surface area contributed by atoms with Crippen LogP contribution in [-0.2, 0) is 9.84 Å². The van der Waals surface area contributed by atoms with Gasteiger partial charge in [-0.25, -0.2) is 22.0 Å². The van der Waals surface area contributed by atoms with Crippen LogP contribution in [0.2, 0.25) is 5.02 Å². The Morgan fingerprint density at radius 1 is 0.816 bits per heavy atom. The summed E-state index contributed by atoms with van der Waals surface area (Å²) in [5.74, 6) is -2.65. The fourth-order valence-electron chi connectivity index (χ4n) is 3.45. The molecule has 3 amide bonds. The molecule has 4 rings (SSSR count). The van der Waals surface area contributed by atoms with Crippen LogP contribution in [0.25, 0.3) is 0 Å². The van der Waals surface area contributed by atoms with Crippen LogP contribution in [0.4, 0.5) is 19.3 Å². The largest absolute Gasteiger partial charge is 0.457 e. The minimum absolute atomic E-state index is 0.0822. The molecule has 0 aliphatic rings. The van der Waals surface area contributed by atoms with Crippen LogP contribution in [0.1, 0.15) is 15.9 Å². The molecule has 194 valence electrons. The molecular weight excluding hydrogens is 538 g/mol. The van der Waals surface area contributed by atoms with Gasteiger partial charge in [0.25, 0.3) is 5.91 Å². The van der Waals surface area contributed by atoms with E-state index < -0.39 is 39.0 Å². The van der Waals surface area contributed by atoms with Crippen LogP contribution in [-0.4, -0.2) is 20.4 Å². The summed E-state index contributed by atoms with van der Waals surface area (Å²) in [6, 6.07) is 18.3. The lowest BCUT2D eigenvalue weighted by molar-refractivity contribution is 0.0959. The third-order valence-electron chi connectivity index (χ3n) is 5.36. The highest BCUT2D eigenvalue weighted by atomic mass is 35.5. The van der Waals surface area contributed by atoms with Gasteiger partial charge in [-0.05, 0) is 91.3 Å². The van der Waals surface area contributed by atoms with E-state index in [4.69, 9.17) is 16.3 Å². The molecule has 0 saturated carbocycles. The lowest BCUT2D eigenvalue weighted by atomic mass is 10.2. The Hall–Kier alpha value is -4.28. The van der Waals surface area contributed by atoms with E-state index in [9.17, 15) is 26.8 Å². The van der Waals surface area contributed by atoms with Gasteiger partial charge in [-0.2, -0.15) is 0 Å². The zero-order valence-electron chi connectivity index (χ0n) is 19.7. The van der Waals surface area contributed by atoms with Gasteiger partial charge in [-0.15, -0.1) is 0 Å². The third kappa shape index (κ3) is 5.99. The summed E-state index contributed by atoms with van der Waals surface area (Å²) in [7, 11) is -3.73. The van der Waals surface area contributed by atoms with Gasteiger partial charge in [-0.3, -0.25) is 10.1 Å². The Labute approximate surface area is 221 Å². The first-order valence-electron chi connectivity index (χ1n) is 11.0. The highest BCUT2D eigenvalue weighted by Crippen LogP contribution is 2.29. The number of urea groups is 1. The SMILES string of the molecule is Cc1cc(Oc2ccc(S(=O)(=O)c3ccc(Cl)cc3)cc2)ccc1NC(=O)NC(=O)c1c(F)cccc1F. The number of hydrogen-bond donors (Lipinski definition) is 2. The molecule has 4 aromatic rings. The quantitative estimate of drug-likeness (QED) is 0.282. The Morgan fingerprint density at radius 2 is 1.37 bits per heavy atom. The Balaban J connectivity index is 1.41. The fourth-order valence-corrected chi connectivity index (χ4v) is 4.83. The van der Waals surface area contributed by atoms with E-state index >= 15 is 0 Å². The number of benzene rings is 4. The zero-order chi connectivity index (χ0) is 27.4. The molecule has 0 atom stereocenters. The molecule has 7 nitrogen and oxygen atoms in total. The fraction of sp³-hybridized carbons (Fsp3) is 0.0370. The summed E-state index contributed by atoms with van der Waals surface area (Å²) < 4.78 is 58.9. The molecule has 0 unspecified atom stereocenters. The highest BCUT2D eigenvalue weighted by molar-refractivity contribution is 7.91. The molecule has 38 heavy (non-hydrogen) atoms. The maximum atomic E-state index is 13.8. The molecule has 0 aromatic heterocycles. The number of amides is 3. The van der Waals surface area contributed by atoms with Gasteiger partial charge in [0.1, 0.15) is 28.7 Å². The topological polar surface area (TPSA) is 102 Å². The predicted octanol–water partition coefficient (Wildman–Crippen LogP) is 6.51. The maximum Gasteiger partial charge on any atom is 0.326 e. The van der Waals surface area contributed by atoms with Gasteiger partial charge >= 0.3 is 6.03 Å². The van der Waals surface area contributed by atoms with Gasteiger partial charge in [0, 0.05) is 10.7 Å². The number of carbonyl (C=O) groups excluding carboxylic acids is 2. The maximum absolute atomic E-state index is 13.8. The Bertz CT molecular complexity index is 1610. The minimum atomic E-state index is -3.73. The van der Waals surface area contributed by atoms with E-state index in [1.54, 1.807) is 19.1 Å². The number of ether oxygens (including phenoxy) is 1. The van der Waals surface area contributed by atoms with E-state index in [0.29, 0.717) is 27.8 Å². The van der Waals surface area contributed by atoms with Gasteiger partial charge in [0.05, 0.1) is 9.79 Å². The first-order valence-corrected chi connectivity index (χ1v) is 12.9. The van der Waals surface area contributed by atoms with Crippen LogP contribution < -0.4 is 15.4 Å². The smallest absolute Gasteiger partial charge is 0.326 e. The second-order valence-electron chi connectivity index (χ2n) is 8.01. The summed E-state index contributed by atoms with van der Waals surface area (Å²) in [5, 5.41) is 4.75.